The highest BCUT2D eigenvalue weighted by molar-refractivity contribution is 5.96. The molecule has 0 aliphatic heterocycles. The van der Waals surface area contributed by atoms with E-state index in [1.807, 2.05) is 0 Å². The van der Waals surface area contributed by atoms with Gasteiger partial charge < -0.3 is 0 Å². The minimum absolute atomic E-state index is 0.185. The quantitative estimate of drug-likeness (QED) is 0.122. The number of unbranched alkanes of at least 4 members (excludes halogenated alkanes) is 11. The van der Waals surface area contributed by atoms with Gasteiger partial charge in [-0.2, -0.15) is 0 Å². The summed E-state index contributed by atoms with van der Waals surface area (Å²) in [5.41, 5.74) is 1.34. The van der Waals surface area contributed by atoms with Gasteiger partial charge in [0, 0.05) is 17.5 Å². The van der Waals surface area contributed by atoms with Crippen molar-refractivity contribution < 1.29 is 9.59 Å². The zero-order chi connectivity index (χ0) is 19.6. The fourth-order valence-electron chi connectivity index (χ4n) is 3.25. The van der Waals surface area contributed by atoms with Crippen molar-refractivity contribution in [2.24, 2.45) is 0 Å². The molecule has 2 heteroatoms. The molecule has 1 aromatic carbocycles. The molecule has 0 saturated heterocycles. The van der Waals surface area contributed by atoms with Gasteiger partial charge in [0.25, 0.3) is 0 Å². The summed E-state index contributed by atoms with van der Waals surface area (Å²) >= 11 is 0. The maximum absolute atomic E-state index is 12.1. The van der Waals surface area contributed by atoms with Crippen LogP contribution in [-0.4, -0.2) is 12.1 Å². The van der Waals surface area contributed by atoms with Crippen LogP contribution in [0.4, 0.5) is 0 Å². The molecule has 0 spiro atoms. The van der Waals surface area contributed by atoms with Crippen molar-refractivity contribution in [3.05, 3.63) is 47.5 Å². The molecule has 0 amide bonds. The van der Waals surface area contributed by atoms with Gasteiger partial charge in [-0.15, -0.1) is 0 Å². The van der Waals surface area contributed by atoms with Gasteiger partial charge in [-0.3, -0.25) is 9.59 Å². The molecule has 0 unspecified atom stereocenters. The molecule has 1 aromatic rings. The fourth-order valence-corrected chi connectivity index (χ4v) is 3.25. The first-order chi connectivity index (χ1) is 13.3. The Labute approximate surface area is 166 Å². The summed E-state index contributed by atoms with van der Waals surface area (Å²) in [7, 11) is 0. The number of benzene rings is 1. The number of carbonyl (C=O) groups excluding carboxylic acids is 2. The van der Waals surface area contributed by atoms with Gasteiger partial charge in [-0.25, -0.2) is 0 Å². The van der Waals surface area contributed by atoms with E-state index in [2.05, 4.69) is 19.1 Å². The largest absolute Gasteiger partial charge is 0.298 e. The van der Waals surface area contributed by atoms with E-state index >= 15 is 0 Å². The third-order valence-electron chi connectivity index (χ3n) is 5.03. The number of rotatable bonds is 17. The molecule has 0 heterocycles. The summed E-state index contributed by atoms with van der Waals surface area (Å²) < 4.78 is 0. The monoisotopic (exact) mass is 370 g/mol. The molecule has 0 aromatic heterocycles. The van der Waals surface area contributed by atoms with E-state index in [1.165, 1.54) is 70.6 Å². The van der Waals surface area contributed by atoms with Gasteiger partial charge in [0.1, 0.15) is 6.29 Å². The Kier molecular flexibility index (Phi) is 14.2. The van der Waals surface area contributed by atoms with Crippen molar-refractivity contribution >= 4 is 12.1 Å². The zero-order valence-electron chi connectivity index (χ0n) is 17.3. The summed E-state index contributed by atoms with van der Waals surface area (Å²) in [4.78, 5) is 22.7. The van der Waals surface area contributed by atoms with Crippen LogP contribution >= 0.6 is 0 Å². The van der Waals surface area contributed by atoms with Gasteiger partial charge in [-0.05, 0) is 32.1 Å². The minimum atomic E-state index is 0.185. The topological polar surface area (TPSA) is 34.1 Å². The Hall–Kier alpha value is -1.70. The van der Waals surface area contributed by atoms with Gasteiger partial charge >= 0.3 is 0 Å². The average Bonchev–Trinajstić information content (AvgIpc) is 2.70. The molecule has 2 nitrogen and oxygen atoms in total. The summed E-state index contributed by atoms with van der Waals surface area (Å²) in [6.07, 6.45) is 22.6. The molecule has 0 aliphatic rings. The van der Waals surface area contributed by atoms with Crippen molar-refractivity contribution in [1.82, 2.24) is 0 Å². The van der Waals surface area contributed by atoms with Crippen molar-refractivity contribution in [2.45, 2.75) is 96.8 Å². The van der Waals surface area contributed by atoms with Crippen molar-refractivity contribution in [3.8, 4) is 0 Å². The Morgan fingerprint density at radius 3 is 1.81 bits per heavy atom. The van der Waals surface area contributed by atoms with Crippen LogP contribution in [0.1, 0.15) is 118 Å². The Morgan fingerprint density at radius 2 is 1.26 bits per heavy atom. The molecule has 150 valence electrons. The van der Waals surface area contributed by atoms with E-state index in [-0.39, 0.29) is 5.78 Å². The van der Waals surface area contributed by atoms with E-state index in [0.29, 0.717) is 12.0 Å². The number of Topliss-reactive ketones (excluding diaryl/α,β-unsaturated/α-hetero) is 1. The molecule has 27 heavy (non-hydrogen) atoms. The van der Waals surface area contributed by atoms with Crippen LogP contribution in [0, 0.1) is 0 Å². The normalized spacial score (nSPS) is 11.1. The first-order valence-corrected chi connectivity index (χ1v) is 11.0. The second-order valence-electron chi connectivity index (χ2n) is 7.50. The lowest BCUT2D eigenvalue weighted by molar-refractivity contribution is 0.0978. The summed E-state index contributed by atoms with van der Waals surface area (Å²) in [5.74, 6) is 0.185. The maximum atomic E-state index is 12.1. The highest BCUT2D eigenvalue weighted by atomic mass is 16.1. The summed E-state index contributed by atoms with van der Waals surface area (Å²) in [6.45, 7) is 2.26. The van der Waals surface area contributed by atoms with E-state index in [9.17, 15) is 9.59 Å². The summed E-state index contributed by atoms with van der Waals surface area (Å²) in [5, 5.41) is 0. The predicted octanol–water partition coefficient (Wildman–Crippen LogP) is 7.72. The molecule has 0 aliphatic carbocycles. The third kappa shape index (κ3) is 12.3. The first kappa shape index (κ1) is 23.3. The molecule has 0 fully saturated rings. The van der Waals surface area contributed by atoms with Crippen LogP contribution in [-0.2, 0) is 0 Å². The molecule has 1 rings (SSSR count). The van der Waals surface area contributed by atoms with Crippen LogP contribution in [0.2, 0.25) is 0 Å². The first-order valence-electron chi connectivity index (χ1n) is 11.0. The van der Waals surface area contributed by atoms with Gasteiger partial charge in [0.15, 0.2) is 5.78 Å². The molecular formula is C25H38O2. The lowest BCUT2D eigenvalue weighted by Crippen LogP contribution is -1.99. The molecule has 0 radical (unpaired) electrons. The zero-order valence-corrected chi connectivity index (χ0v) is 17.3. The van der Waals surface area contributed by atoms with Crippen LogP contribution in [0.5, 0.6) is 0 Å². The standard InChI is InChI=1S/C25H38O2/c1-2-3-4-5-6-7-8-9-10-11-12-13-14-15-16-17-25(27)24-20-18-23(22-26)19-21-24/h9-10,18-22H,2-8,11-17H2,1H3. The van der Waals surface area contributed by atoms with E-state index < -0.39 is 0 Å². The number of carbonyl (C=O) groups is 2. The lowest BCUT2D eigenvalue weighted by atomic mass is 10.0. The van der Waals surface area contributed by atoms with Crippen LogP contribution < -0.4 is 0 Å². The second-order valence-corrected chi connectivity index (χ2v) is 7.50. The molecule has 0 N–H and O–H groups in total. The average molecular weight is 371 g/mol. The van der Waals surface area contributed by atoms with Crippen molar-refractivity contribution in [3.63, 3.8) is 0 Å². The van der Waals surface area contributed by atoms with Crippen LogP contribution in [0.15, 0.2) is 36.4 Å². The Morgan fingerprint density at radius 1 is 0.741 bits per heavy atom. The number of ketones is 1. The van der Waals surface area contributed by atoms with E-state index in [4.69, 9.17) is 0 Å². The van der Waals surface area contributed by atoms with Crippen LogP contribution in [0.25, 0.3) is 0 Å². The minimum Gasteiger partial charge on any atom is -0.298 e. The summed E-state index contributed by atoms with van der Waals surface area (Å²) in [6, 6.07) is 6.92. The fraction of sp³-hybridized carbons (Fsp3) is 0.600. The van der Waals surface area contributed by atoms with Crippen LogP contribution in [0.3, 0.4) is 0 Å². The van der Waals surface area contributed by atoms with E-state index in [1.54, 1.807) is 24.3 Å². The van der Waals surface area contributed by atoms with Gasteiger partial charge in [0.2, 0.25) is 0 Å². The molecule has 0 atom stereocenters. The maximum Gasteiger partial charge on any atom is 0.162 e. The highest BCUT2D eigenvalue weighted by Gasteiger charge is 2.05. The highest BCUT2D eigenvalue weighted by Crippen LogP contribution is 2.12. The third-order valence-corrected chi connectivity index (χ3v) is 5.03. The van der Waals surface area contributed by atoms with E-state index in [0.717, 1.165) is 24.7 Å². The van der Waals surface area contributed by atoms with Crippen molar-refractivity contribution in [2.75, 3.05) is 0 Å². The SMILES string of the molecule is CCCCCCCCC=CCCCCCCCC(=O)c1ccc(C=O)cc1. The Balaban J connectivity index is 1.91. The lowest BCUT2D eigenvalue weighted by Gasteiger charge is -2.02. The molecule has 0 bridgehead atoms. The van der Waals surface area contributed by atoms with Crippen molar-refractivity contribution in [1.29, 1.82) is 0 Å². The number of hydrogen-bond donors (Lipinski definition) is 0. The van der Waals surface area contributed by atoms with Gasteiger partial charge in [-0.1, -0.05) is 94.7 Å². The number of allylic oxidation sites excluding steroid dienone is 2. The number of aldehydes is 1. The smallest absolute Gasteiger partial charge is 0.162 e. The second kappa shape index (κ2) is 16.5. The predicted molar refractivity (Wildman–Crippen MR) is 116 cm³/mol. The number of hydrogen-bond acceptors (Lipinski definition) is 2. The van der Waals surface area contributed by atoms with Gasteiger partial charge in [0.05, 0.1) is 0 Å². The Bertz CT molecular complexity index is 528. The molecule has 0 saturated carbocycles. The molecular weight excluding hydrogens is 332 g/mol.